The van der Waals surface area contributed by atoms with Crippen molar-refractivity contribution in [3.63, 3.8) is 0 Å². The van der Waals surface area contributed by atoms with Crippen LogP contribution in [0.4, 0.5) is 0 Å². The van der Waals surface area contributed by atoms with E-state index in [1.807, 2.05) is 36.4 Å². The molecular formula is C15H16ClNO2S. The number of carbonyl (C=O) groups is 1. The van der Waals surface area contributed by atoms with Crippen molar-refractivity contribution in [3.05, 3.63) is 59.0 Å². The Balaban J connectivity index is 1.74. The standard InChI is InChI=1S/C15H16ClNO2S/c1-17(9-14-6-3-7-19-14)15(18)11-20-10-12-4-2-5-13(16)8-12/h2-8H,9-11H2,1H3. The first-order valence-electron chi connectivity index (χ1n) is 6.23. The van der Waals surface area contributed by atoms with Crippen LogP contribution in [-0.2, 0) is 17.1 Å². The van der Waals surface area contributed by atoms with Gasteiger partial charge >= 0.3 is 0 Å². The van der Waals surface area contributed by atoms with E-state index in [0.717, 1.165) is 22.1 Å². The van der Waals surface area contributed by atoms with Crippen molar-refractivity contribution >= 4 is 29.3 Å². The first-order valence-corrected chi connectivity index (χ1v) is 7.77. The van der Waals surface area contributed by atoms with Gasteiger partial charge in [0.2, 0.25) is 5.91 Å². The van der Waals surface area contributed by atoms with E-state index >= 15 is 0 Å². The predicted molar refractivity (Wildman–Crippen MR) is 82.8 cm³/mol. The average molecular weight is 310 g/mol. The van der Waals surface area contributed by atoms with Gasteiger partial charge in [0, 0.05) is 17.8 Å². The van der Waals surface area contributed by atoms with E-state index in [1.54, 1.807) is 30.0 Å². The molecule has 0 bridgehead atoms. The number of carbonyl (C=O) groups excluding carboxylic acids is 1. The van der Waals surface area contributed by atoms with Crippen molar-refractivity contribution < 1.29 is 9.21 Å². The maximum Gasteiger partial charge on any atom is 0.232 e. The van der Waals surface area contributed by atoms with Crippen LogP contribution in [0.1, 0.15) is 11.3 Å². The third-order valence-electron chi connectivity index (χ3n) is 2.78. The molecule has 0 atom stereocenters. The normalized spacial score (nSPS) is 10.5. The molecule has 20 heavy (non-hydrogen) atoms. The molecule has 1 heterocycles. The first kappa shape index (κ1) is 15.0. The van der Waals surface area contributed by atoms with Crippen molar-refractivity contribution in [2.45, 2.75) is 12.3 Å². The fourth-order valence-electron chi connectivity index (χ4n) is 1.72. The van der Waals surface area contributed by atoms with Gasteiger partial charge in [0.15, 0.2) is 0 Å². The molecule has 0 saturated heterocycles. The summed E-state index contributed by atoms with van der Waals surface area (Å²) in [7, 11) is 1.78. The monoisotopic (exact) mass is 309 g/mol. The van der Waals surface area contributed by atoms with Crippen molar-refractivity contribution in [2.24, 2.45) is 0 Å². The third kappa shape index (κ3) is 4.62. The van der Waals surface area contributed by atoms with Crippen LogP contribution in [0.3, 0.4) is 0 Å². The number of benzene rings is 1. The molecule has 1 aromatic carbocycles. The van der Waals surface area contributed by atoms with Gasteiger partial charge in [0.05, 0.1) is 18.6 Å². The largest absolute Gasteiger partial charge is 0.467 e. The van der Waals surface area contributed by atoms with Crippen molar-refractivity contribution in [1.82, 2.24) is 4.90 Å². The number of thioether (sulfide) groups is 1. The lowest BCUT2D eigenvalue weighted by molar-refractivity contribution is -0.127. The summed E-state index contributed by atoms with van der Waals surface area (Å²) in [6, 6.07) is 11.4. The summed E-state index contributed by atoms with van der Waals surface area (Å²) < 4.78 is 5.23. The van der Waals surface area contributed by atoms with Crippen LogP contribution in [-0.4, -0.2) is 23.6 Å². The van der Waals surface area contributed by atoms with Crippen molar-refractivity contribution in [3.8, 4) is 0 Å². The summed E-state index contributed by atoms with van der Waals surface area (Å²) in [4.78, 5) is 13.6. The summed E-state index contributed by atoms with van der Waals surface area (Å²) >= 11 is 7.51. The molecule has 0 spiro atoms. The molecule has 3 nitrogen and oxygen atoms in total. The summed E-state index contributed by atoms with van der Waals surface area (Å²) in [6.07, 6.45) is 1.61. The van der Waals surface area contributed by atoms with Gasteiger partial charge in [-0.1, -0.05) is 23.7 Å². The van der Waals surface area contributed by atoms with E-state index in [-0.39, 0.29) is 5.91 Å². The maximum absolute atomic E-state index is 12.0. The molecule has 0 aliphatic heterocycles. The molecule has 0 N–H and O–H groups in total. The number of hydrogen-bond acceptors (Lipinski definition) is 3. The lowest BCUT2D eigenvalue weighted by Gasteiger charge is -2.15. The molecule has 0 aliphatic carbocycles. The predicted octanol–water partition coefficient (Wildman–Crippen LogP) is 3.82. The molecule has 0 saturated carbocycles. The van der Waals surface area contributed by atoms with Gasteiger partial charge < -0.3 is 9.32 Å². The quantitative estimate of drug-likeness (QED) is 0.813. The van der Waals surface area contributed by atoms with Crippen LogP contribution in [0, 0.1) is 0 Å². The van der Waals surface area contributed by atoms with E-state index in [9.17, 15) is 4.79 Å². The molecule has 0 radical (unpaired) electrons. The number of hydrogen-bond donors (Lipinski definition) is 0. The van der Waals surface area contributed by atoms with Crippen molar-refractivity contribution in [1.29, 1.82) is 0 Å². The fourth-order valence-corrected chi connectivity index (χ4v) is 2.84. The van der Waals surface area contributed by atoms with E-state index in [2.05, 4.69) is 0 Å². The number of halogens is 1. The lowest BCUT2D eigenvalue weighted by Crippen LogP contribution is -2.27. The zero-order chi connectivity index (χ0) is 14.4. The summed E-state index contributed by atoms with van der Waals surface area (Å²) in [6.45, 7) is 0.504. The molecule has 0 aliphatic rings. The Morgan fingerprint density at radius 2 is 2.20 bits per heavy atom. The molecule has 2 aromatic rings. The number of amides is 1. The highest BCUT2D eigenvalue weighted by molar-refractivity contribution is 7.99. The minimum absolute atomic E-state index is 0.0911. The SMILES string of the molecule is CN(Cc1ccco1)C(=O)CSCc1cccc(Cl)c1. The lowest BCUT2D eigenvalue weighted by atomic mass is 10.2. The minimum atomic E-state index is 0.0911. The summed E-state index contributed by atoms with van der Waals surface area (Å²) in [5.74, 6) is 2.11. The van der Waals surface area contributed by atoms with Crippen LogP contribution < -0.4 is 0 Å². The molecule has 2 rings (SSSR count). The Hall–Kier alpha value is -1.39. The second-order valence-electron chi connectivity index (χ2n) is 4.45. The van der Waals surface area contributed by atoms with Crippen LogP contribution in [0.25, 0.3) is 0 Å². The van der Waals surface area contributed by atoms with Crippen LogP contribution in [0.15, 0.2) is 47.1 Å². The number of rotatable bonds is 6. The first-order chi connectivity index (χ1) is 9.65. The highest BCUT2D eigenvalue weighted by atomic mass is 35.5. The van der Waals surface area contributed by atoms with Crippen LogP contribution in [0.2, 0.25) is 5.02 Å². The van der Waals surface area contributed by atoms with E-state index in [0.29, 0.717) is 12.3 Å². The summed E-state index contributed by atoms with van der Waals surface area (Å²) in [5.41, 5.74) is 1.13. The maximum atomic E-state index is 12.0. The van der Waals surface area contributed by atoms with E-state index < -0.39 is 0 Å². The molecular weight excluding hydrogens is 294 g/mol. The van der Waals surface area contributed by atoms with Gasteiger partial charge in [0.25, 0.3) is 0 Å². The van der Waals surface area contributed by atoms with E-state index in [4.69, 9.17) is 16.0 Å². The van der Waals surface area contributed by atoms with Gasteiger partial charge in [-0.15, -0.1) is 11.8 Å². The molecule has 5 heteroatoms. The van der Waals surface area contributed by atoms with Crippen LogP contribution >= 0.6 is 23.4 Å². The second kappa shape index (κ2) is 7.41. The third-order valence-corrected chi connectivity index (χ3v) is 4.01. The molecule has 0 unspecified atom stereocenters. The Bertz CT molecular complexity index is 557. The zero-order valence-corrected chi connectivity index (χ0v) is 12.8. The second-order valence-corrected chi connectivity index (χ2v) is 5.87. The van der Waals surface area contributed by atoms with Gasteiger partial charge in [0.1, 0.15) is 5.76 Å². The molecule has 1 amide bonds. The average Bonchev–Trinajstić information content (AvgIpc) is 2.91. The fraction of sp³-hybridized carbons (Fsp3) is 0.267. The molecule has 1 aromatic heterocycles. The Morgan fingerprint density at radius 1 is 1.35 bits per heavy atom. The van der Waals surface area contributed by atoms with Gasteiger partial charge in [-0.3, -0.25) is 4.79 Å². The van der Waals surface area contributed by atoms with Gasteiger partial charge in [-0.25, -0.2) is 0 Å². The van der Waals surface area contributed by atoms with Gasteiger partial charge in [-0.05, 0) is 29.8 Å². The topological polar surface area (TPSA) is 33.5 Å². The summed E-state index contributed by atoms with van der Waals surface area (Å²) in [5, 5.41) is 0.726. The van der Waals surface area contributed by atoms with Crippen molar-refractivity contribution in [2.75, 3.05) is 12.8 Å². The van der Waals surface area contributed by atoms with Crippen LogP contribution in [0.5, 0.6) is 0 Å². The highest BCUT2D eigenvalue weighted by Crippen LogP contribution is 2.17. The minimum Gasteiger partial charge on any atom is -0.467 e. The Kier molecular flexibility index (Phi) is 5.56. The number of furan rings is 1. The number of nitrogens with zero attached hydrogens (tertiary/aromatic N) is 1. The Morgan fingerprint density at radius 3 is 2.90 bits per heavy atom. The highest BCUT2D eigenvalue weighted by Gasteiger charge is 2.10. The molecule has 0 fully saturated rings. The zero-order valence-electron chi connectivity index (χ0n) is 11.2. The molecule has 106 valence electrons. The van der Waals surface area contributed by atoms with E-state index in [1.165, 1.54) is 0 Å². The Labute approximate surface area is 127 Å². The smallest absolute Gasteiger partial charge is 0.232 e. The van der Waals surface area contributed by atoms with Gasteiger partial charge in [-0.2, -0.15) is 0 Å².